The van der Waals surface area contributed by atoms with Crippen molar-refractivity contribution in [2.45, 2.75) is 64.0 Å². The number of likely N-dealkylation sites (tertiary alicyclic amines) is 1. The molecule has 0 bridgehead atoms. The van der Waals surface area contributed by atoms with Gasteiger partial charge in [-0.2, -0.15) is 13.2 Å². The van der Waals surface area contributed by atoms with Gasteiger partial charge in [0.25, 0.3) is 0 Å². The summed E-state index contributed by atoms with van der Waals surface area (Å²) in [7, 11) is 0. The van der Waals surface area contributed by atoms with E-state index in [4.69, 9.17) is 4.74 Å². The largest absolute Gasteiger partial charge is 0.414 e. The van der Waals surface area contributed by atoms with Crippen LogP contribution in [-0.4, -0.2) is 53.5 Å². The summed E-state index contributed by atoms with van der Waals surface area (Å²) in [6, 6.07) is 0. The van der Waals surface area contributed by atoms with Crippen LogP contribution in [0.5, 0.6) is 0 Å². The van der Waals surface area contributed by atoms with Gasteiger partial charge in [0.2, 0.25) is 5.91 Å². The Labute approximate surface area is 128 Å². The van der Waals surface area contributed by atoms with Crippen LogP contribution < -0.4 is 0 Å². The molecule has 2 heterocycles. The van der Waals surface area contributed by atoms with E-state index >= 15 is 0 Å². The molecule has 1 amide bonds. The summed E-state index contributed by atoms with van der Waals surface area (Å²) in [4.78, 5) is 14.2. The number of aliphatic hydroxyl groups excluding tert-OH is 1. The van der Waals surface area contributed by atoms with Crippen LogP contribution in [-0.2, 0) is 9.53 Å². The van der Waals surface area contributed by atoms with Crippen molar-refractivity contribution in [2.75, 3.05) is 13.1 Å². The molecule has 0 radical (unpaired) electrons. The molecule has 0 saturated carbocycles. The molecule has 22 heavy (non-hydrogen) atoms. The summed E-state index contributed by atoms with van der Waals surface area (Å²) in [6.45, 7) is 4.44. The van der Waals surface area contributed by atoms with Crippen molar-refractivity contribution < 1.29 is 27.8 Å². The van der Waals surface area contributed by atoms with Crippen LogP contribution in [0.1, 0.15) is 39.5 Å². The van der Waals surface area contributed by atoms with Crippen LogP contribution in [0.2, 0.25) is 0 Å². The van der Waals surface area contributed by atoms with Gasteiger partial charge in [-0.15, -0.1) is 0 Å². The summed E-state index contributed by atoms with van der Waals surface area (Å²) >= 11 is 0. The number of rotatable bonds is 2. The molecule has 2 fully saturated rings. The summed E-state index contributed by atoms with van der Waals surface area (Å²) in [6.07, 6.45) is -5.09. The third-order valence-electron chi connectivity index (χ3n) is 4.68. The molecule has 0 spiro atoms. The van der Waals surface area contributed by atoms with Crippen LogP contribution in [0.25, 0.3) is 0 Å². The van der Waals surface area contributed by atoms with Crippen LogP contribution in [0.4, 0.5) is 13.2 Å². The lowest BCUT2D eigenvalue weighted by atomic mass is 9.88. The highest BCUT2D eigenvalue weighted by Crippen LogP contribution is 2.33. The highest BCUT2D eigenvalue weighted by Gasteiger charge is 2.45. The molecule has 3 unspecified atom stereocenters. The van der Waals surface area contributed by atoms with E-state index < -0.39 is 18.2 Å². The number of hydrogen-bond acceptors (Lipinski definition) is 3. The molecule has 2 rings (SSSR count). The number of hydrogen-bond donors (Lipinski definition) is 1. The molecule has 0 aromatic rings. The van der Waals surface area contributed by atoms with Gasteiger partial charge in [-0.1, -0.05) is 0 Å². The SMILES string of the molecule is CC1CC(C(=O)N2CCC(C(O)C(F)(F)F)CC2)CC(C)O1. The van der Waals surface area contributed by atoms with Crippen molar-refractivity contribution in [3.63, 3.8) is 0 Å². The lowest BCUT2D eigenvalue weighted by molar-refractivity contribution is -0.223. The first-order valence-corrected chi connectivity index (χ1v) is 7.87. The number of nitrogens with zero attached hydrogens (tertiary/aromatic N) is 1. The third-order valence-corrected chi connectivity index (χ3v) is 4.68. The molecule has 2 aliphatic heterocycles. The molecule has 0 aliphatic carbocycles. The van der Waals surface area contributed by atoms with Gasteiger partial charge in [0, 0.05) is 19.0 Å². The van der Waals surface area contributed by atoms with Crippen molar-refractivity contribution in [3.05, 3.63) is 0 Å². The zero-order valence-electron chi connectivity index (χ0n) is 13.0. The average molecular weight is 323 g/mol. The third kappa shape index (κ3) is 4.13. The van der Waals surface area contributed by atoms with E-state index in [1.165, 1.54) is 0 Å². The minimum atomic E-state index is -4.58. The quantitative estimate of drug-likeness (QED) is 0.849. The second kappa shape index (κ2) is 6.74. The van der Waals surface area contributed by atoms with Crippen LogP contribution >= 0.6 is 0 Å². The zero-order chi connectivity index (χ0) is 16.5. The Morgan fingerprint density at radius 3 is 2.14 bits per heavy atom. The van der Waals surface area contributed by atoms with Crippen molar-refractivity contribution >= 4 is 5.91 Å². The van der Waals surface area contributed by atoms with E-state index in [0.29, 0.717) is 12.8 Å². The van der Waals surface area contributed by atoms with Gasteiger partial charge in [0.1, 0.15) is 0 Å². The Morgan fingerprint density at radius 2 is 1.68 bits per heavy atom. The van der Waals surface area contributed by atoms with Gasteiger partial charge in [-0.3, -0.25) is 4.79 Å². The first-order valence-electron chi connectivity index (χ1n) is 7.87. The van der Waals surface area contributed by atoms with Crippen LogP contribution in [0.3, 0.4) is 0 Å². The smallest absolute Gasteiger partial charge is 0.383 e. The average Bonchev–Trinajstić information content (AvgIpc) is 2.44. The van der Waals surface area contributed by atoms with Crippen molar-refractivity contribution in [2.24, 2.45) is 11.8 Å². The minimum absolute atomic E-state index is 0.0157. The van der Waals surface area contributed by atoms with E-state index in [0.717, 1.165) is 0 Å². The van der Waals surface area contributed by atoms with Crippen LogP contribution in [0, 0.1) is 11.8 Å². The number of piperidine rings is 1. The lowest BCUT2D eigenvalue weighted by Crippen LogP contribution is -2.48. The lowest BCUT2D eigenvalue weighted by Gasteiger charge is -2.38. The molecular weight excluding hydrogens is 299 g/mol. The van der Waals surface area contributed by atoms with Gasteiger partial charge in [0.05, 0.1) is 12.2 Å². The molecule has 1 N–H and O–H groups in total. The standard InChI is InChI=1S/C15H24F3NO3/c1-9-7-12(8-10(2)22-9)14(21)19-5-3-11(4-6-19)13(20)15(16,17)18/h9-13,20H,3-8H2,1-2H3. The molecule has 128 valence electrons. The summed E-state index contributed by atoms with van der Waals surface area (Å²) in [5, 5.41) is 9.31. The second-order valence-electron chi connectivity index (χ2n) is 6.57. The number of carbonyl (C=O) groups excluding carboxylic acids is 1. The molecule has 3 atom stereocenters. The highest BCUT2D eigenvalue weighted by molar-refractivity contribution is 5.79. The fraction of sp³-hybridized carbons (Fsp3) is 0.933. The normalized spacial score (nSPS) is 32.8. The van der Waals surface area contributed by atoms with Gasteiger partial charge >= 0.3 is 6.18 Å². The monoisotopic (exact) mass is 323 g/mol. The number of aliphatic hydroxyl groups is 1. The first-order chi connectivity index (χ1) is 10.2. The van der Waals surface area contributed by atoms with Crippen molar-refractivity contribution in [1.82, 2.24) is 4.90 Å². The predicted octanol–water partition coefficient (Wildman–Crippen LogP) is 2.35. The molecule has 2 aliphatic rings. The Kier molecular flexibility index (Phi) is 5.37. The Balaban J connectivity index is 1.87. The Hall–Kier alpha value is -0.820. The predicted molar refractivity (Wildman–Crippen MR) is 74.1 cm³/mol. The molecule has 0 aromatic carbocycles. The molecular formula is C15H24F3NO3. The number of carbonyl (C=O) groups is 1. The topological polar surface area (TPSA) is 49.8 Å². The summed E-state index contributed by atoms with van der Waals surface area (Å²) < 4.78 is 43.2. The molecule has 7 heteroatoms. The fourth-order valence-electron chi connectivity index (χ4n) is 3.57. The van der Waals surface area contributed by atoms with Gasteiger partial charge < -0.3 is 14.7 Å². The van der Waals surface area contributed by atoms with Crippen LogP contribution in [0.15, 0.2) is 0 Å². The Morgan fingerprint density at radius 1 is 1.18 bits per heavy atom. The highest BCUT2D eigenvalue weighted by atomic mass is 19.4. The first kappa shape index (κ1) is 17.5. The molecule has 2 saturated heterocycles. The van der Waals surface area contributed by atoms with Crippen molar-refractivity contribution in [1.29, 1.82) is 0 Å². The summed E-state index contributed by atoms with van der Waals surface area (Å²) in [5.74, 6) is -0.902. The van der Waals surface area contributed by atoms with E-state index in [9.17, 15) is 23.1 Å². The zero-order valence-corrected chi connectivity index (χ0v) is 13.0. The maximum atomic E-state index is 12.5. The number of alkyl halides is 3. The van der Waals surface area contributed by atoms with E-state index in [1.807, 2.05) is 13.8 Å². The minimum Gasteiger partial charge on any atom is -0.383 e. The Bertz CT molecular complexity index is 384. The van der Waals surface area contributed by atoms with Gasteiger partial charge in [-0.05, 0) is 45.4 Å². The summed E-state index contributed by atoms with van der Waals surface area (Å²) in [5.41, 5.74) is 0. The molecule has 0 aromatic heterocycles. The maximum absolute atomic E-state index is 12.5. The fourth-order valence-corrected chi connectivity index (χ4v) is 3.57. The van der Waals surface area contributed by atoms with E-state index in [-0.39, 0.29) is 50.0 Å². The molecule has 4 nitrogen and oxygen atoms in total. The number of ether oxygens (including phenoxy) is 1. The second-order valence-corrected chi connectivity index (χ2v) is 6.57. The van der Waals surface area contributed by atoms with E-state index in [2.05, 4.69) is 0 Å². The number of amides is 1. The van der Waals surface area contributed by atoms with Gasteiger partial charge in [-0.25, -0.2) is 0 Å². The van der Waals surface area contributed by atoms with Gasteiger partial charge in [0.15, 0.2) is 6.10 Å². The number of halogens is 3. The van der Waals surface area contributed by atoms with Crippen molar-refractivity contribution in [3.8, 4) is 0 Å². The maximum Gasteiger partial charge on any atom is 0.414 e. The van der Waals surface area contributed by atoms with E-state index in [1.54, 1.807) is 4.90 Å².